The molecule has 0 amide bonds. The Morgan fingerprint density at radius 1 is 1.18 bits per heavy atom. The summed E-state index contributed by atoms with van der Waals surface area (Å²) in [4.78, 5) is 0. The average molecular weight is 154 g/mol. The van der Waals surface area contributed by atoms with Crippen LogP contribution < -0.4 is 0 Å². The Kier molecular flexibility index (Phi) is 1.41. The summed E-state index contributed by atoms with van der Waals surface area (Å²) in [7, 11) is 0. The predicted molar refractivity (Wildman–Crippen MR) is 38.3 cm³/mol. The van der Waals surface area contributed by atoms with E-state index in [4.69, 9.17) is 0 Å². The molecule has 1 aromatic carbocycles. The van der Waals surface area contributed by atoms with Gasteiger partial charge in [0.1, 0.15) is 11.6 Å². The minimum Gasteiger partial charge on any atom is -0.207 e. The quantitative estimate of drug-likeness (QED) is 0.583. The predicted octanol–water partition coefficient (Wildman–Crippen LogP) is 2.84. The molecule has 0 heterocycles. The third-order valence-electron chi connectivity index (χ3n) is 1.98. The standard InChI is InChI=1S/C9H8F2/c10-7-3-4-9(11)8(5-7)6-1-2-6/h3-6H,1-2H2. The molecule has 0 unspecified atom stereocenters. The molecular weight excluding hydrogens is 146 g/mol. The zero-order valence-corrected chi connectivity index (χ0v) is 5.98. The van der Waals surface area contributed by atoms with Gasteiger partial charge in [0.15, 0.2) is 0 Å². The Morgan fingerprint density at radius 2 is 1.91 bits per heavy atom. The van der Waals surface area contributed by atoms with Crippen LogP contribution in [0.1, 0.15) is 24.3 Å². The van der Waals surface area contributed by atoms with E-state index < -0.39 is 0 Å². The molecule has 0 N–H and O–H groups in total. The lowest BCUT2D eigenvalue weighted by Crippen LogP contribution is -1.87. The summed E-state index contributed by atoms with van der Waals surface area (Å²) in [5.41, 5.74) is 0.546. The Hall–Kier alpha value is -0.920. The number of halogens is 2. The third kappa shape index (κ3) is 1.25. The molecule has 11 heavy (non-hydrogen) atoms. The zero-order chi connectivity index (χ0) is 7.84. The van der Waals surface area contributed by atoms with E-state index in [9.17, 15) is 8.78 Å². The first-order valence-corrected chi connectivity index (χ1v) is 3.72. The van der Waals surface area contributed by atoms with Crippen LogP contribution in [0, 0.1) is 11.6 Å². The van der Waals surface area contributed by atoms with E-state index in [0.29, 0.717) is 5.56 Å². The highest BCUT2D eigenvalue weighted by Gasteiger charge is 2.26. The van der Waals surface area contributed by atoms with Crippen molar-refractivity contribution in [1.29, 1.82) is 0 Å². The largest absolute Gasteiger partial charge is 0.207 e. The van der Waals surface area contributed by atoms with Crippen LogP contribution in [0.25, 0.3) is 0 Å². The lowest BCUT2D eigenvalue weighted by atomic mass is 10.1. The van der Waals surface area contributed by atoms with Crippen LogP contribution in [0.15, 0.2) is 18.2 Å². The van der Waals surface area contributed by atoms with Crippen molar-refractivity contribution in [2.24, 2.45) is 0 Å². The molecule has 0 spiro atoms. The second kappa shape index (κ2) is 2.29. The van der Waals surface area contributed by atoms with Gasteiger partial charge in [0, 0.05) is 0 Å². The second-order valence-electron chi connectivity index (χ2n) is 2.94. The van der Waals surface area contributed by atoms with Crippen molar-refractivity contribution in [3.05, 3.63) is 35.4 Å². The summed E-state index contributed by atoms with van der Waals surface area (Å²) in [5, 5.41) is 0. The molecule has 1 fully saturated rings. The molecule has 1 aliphatic carbocycles. The lowest BCUT2D eigenvalue weighted by molar-refractivity contribution is 0.586. The van der Waals surface area contributed by atoms with Crippen LogP contribution in [0.4, 0.5) is 8.78 Å². The Bertz CT molecular complexity index is 277. The second-order valence-corrected chi connectivity index (χ2v) is 2.94. The molecule has 58 valence electrons. The van der Waals surface area contributed by atoms with Crippen LogP contribution in [0.5, 0.6) is 0 Å². The monoisotopic (exact) mass is 154 g/mol. The molecule has 0 aromatic heterocycles. The Balaban J connectivity index is 2.42. The molecule has 0 aliphatic heterocycles. The molecular formula is C9H8F2. The summed E-state index contributed by atoms with van der Waals surface area (Å²) in [5.74, 6) is -0.326. The first-order valence-electron chi connectivity index (χ1n) is 3.72. The first kappa shape index (κ1) is 6.77. The van der Waals surface area contributed by atoms with Crippen LogP contribution in [0.3, 0.4) is 0 Å². The summed E-state index contributed by atoms with van der Waals surface area (Å²) < 4.78 is 25.5. The van der Waals surface area contributed by atoms with Gasteiger partial charge >= 0.3 is 0 Å². The smallest absolute Gasteiger partial charge is 0.126 e. The van der Waals surface area contributed by atoms with Gasteiger partial charge in [-0.25, -0.2) is 8.78 Å². The highest BCUT2D eigenvalue weighted by atomic mass is 19.1. The fourth-order valence-electron chi connectivity index (χ4n) is 1.22. The highest BCUT2D eigenvalue weighted by molar-refractivity contribution is 5.26. The third-order valence-corrected chi connectivity index (χ3v) is 1.98. The summed E-state index contributed by atoms with van der Waals surface area (Å²) in [6.07, 6.45) is 2.00. The first-order chi connectivity index (χ1) is 5.27. The van der Waals surface area contributed by atoms with Gasteiger partial charge < -0.3 is 0 Å². The van der Waals surface area contributed by atoms with Gasteiger partial charge in [-0.05, 0) is 42.5 Å². The SMILES string of the molecule is Fc1ccc(F)c(C2CC2)c1. The number of hydrogen-bond acceptors (Lipinski definition) is 0. The highest BCUT2D eigenvalue weighted by Crippen LogP contribution is 2.41. The topological polar surface area (TPSA) is 0 Å². The molecule has 2 rings (SSSR count). The number of hydrogen-bond donors (Lipinski definition) is 0. The van der Waals surface area contributed by atoms with E-state index in [1.807, 2.05) is 0 Å². The summed E-state index contributed by atoms with van der Waals surface area (Å²) in [6, 6.07) is 3.65. The van der Waals surface area contributed by atoms with Crippen molar-refractivity contribution in [3.63, 3.8) is 0 Å². The molecule has 0 saturated heterocycles. The fraction of sp³-hybridized carbons (Fsp3) is 0.333. The normalized spacial score (nSPS) is 16.9. The van der Waals surface area contributed by atoms with E-state index in [0.717, 1.165) is 18.9 Å². The van der Waals surface area contributed by atoms with Crippen molar-refractivity contribution < 1.29 is 8.78 Å². The molecule has 0 bridgehead atoms. The van der Waals surface area contributed by atoms with Crippen molar-refractivity contribution in [3.8, 4) is 0 Å². The number of rotatable bonds is 1. The minimum absolute atomic E-state index is 0.270. The average Bonchev–Trinajstić information content (AvgIpc) is 2.76. The van der Waals surface area contributed by atoms with Gasteiger partial charge in [-0.3, -0.25) is 0 Å². The van der Waals surface area contributed by atoms with Gasteiger partial charge in [-0.2, -0.15) is 0 Å². The Morgan fingerprint density at radius 3 is 2.55 bits per heavy atom. The van der Waals surface area contributed by atoms with E-state index in [1.165, 1.54) is 12.1 Å². The van der Waals surface area contributed by atoms with Crippen LogP contribution >= 0.6 is 0 Å². The van der Waals surface area contributed by atoms with Crippen molar-refractivity contribution in [2.75, 3.05) is 0 Å². The minimum atomic E-state index is -0.340. The molecule has 1 aliphatic rings. The van der Waals surface area contributed by atoms with Gasteiger partial charge in [0.05, 0.1) is 0 Å². The molecule has 0 radical (unpaired) electrons. The maximum atomic E-state index is 12.9. The number of benzene rings is 1. The summed E-state index contributed by atoms with van der Waals surface area (Å²) in [6.45, 7) is 0. The van der Waals surface area contributed by atoms with Gasteiger partial charge in [-0.1, -0.05) is 0 Å². The fourth-order valence-corrected chi connectivity index (χ4v) is 1.22. The maximum Gasteiger partial charge on any atom is 0.126 e. The lowest BCUT2D eigenvalue weighted by Gasteiger charge is -1.98. The molecule has 1 aromatic rings. The van der Waals surface area contributed by atoms with Crippen molar-refractivity contribution >= 4 is 0 Å². The van der Waals surface area contributed by atoms with E-state index in [2.05, 4.69) is 0 Å². The van der Waals surface area contributed by atoms with Crippen molar-refractivity contribution in [1.82, 2.24) is 0 Å². The van der Waals surface area contributed by atoms with E-state index >= 15 is 0 Å². The summed E-state index contributed by atoms with van der Waals surface area (Å²) >= 11 is 0. The Labute approximate surface area is 63.9 Å². The van der Waals surface area contributed by atoms with Gasteiger partial charge in [-0.15, -0.1) is 0 Å². The molecule has 2 heteroatoms. The van der Waals surface area contributed by atoms with E-state index in [1.54, 1.807) is 0 Å². The maximum absolute atomic E-state index is 12.9. The van der Waals surface area contributed by atoms with E-state index in [-0.39, 0.29) is 17.6 Å². The zero-order valence-electron chi connectivity index (χ0n) is 5.98. The van der Waals surface area contributed by atoms with Crippen LogP contribution in [0.2, 0.25) is 0 Å². The van der Waals surface area contributed by atoms with Gasteiger partial charge in [0.2, 0.25) is 0 Å². The van der Waals surface area contributed by atoms with Crippen LogP contribution in [-0.4, -0.2) is 0 Å². The molecule has 1 saturated carbocycles. The molecule has 0 nitrogen and oxygen atoms in total. The van der Waals surface area contributed by atoms with Gasteiger partial charge in [0.25, 0.3) is 0 Å². The van der Waals surface area contributed by atoms with Crippen molar-refractivity contribution in [2.45, 2.75) is 18.8 Å². The molecule has 0 atom stereocenters. The van der Waals surface area contributed by atoms with Crippen LogP contribution in [-0.2, 0) is 0 Å².